The van der Waals surface area contributed by atoms with Gasteiger partial charge in [0.1, 0.15) is 21.5 Å². The molecule has 2 aromatic heterocycles. The van der Waals surface area contributed by atoms with Gasteiger partial charge < -0.3 is 15.4 Å². The zero-order valence-electron chi connectivity index (χ0n) is 21.0. The number of aromatic nitrogens is 2. The highest BCUT2D eigenvalue weighted by atomic mass is 32.2. The van der Waals surface area contributed by atoms with Crippen molar-refractivity contribution in [2.24, 2.45) is 11.7 Å². The van der Waals surface area contributed by atoms with Crippen LogP contribution in [0, 0.1) is 12.8 Å². The second kappa shape index (κ2) is 10.6. The lowest BCUT2D eigenvalue weighted by Crippen LogP contribution is -2.40. The SMILES string of the molecule is COc1ccc(CN2C(=O)C(=Cc3c(N4CCC(C(N)=O)CC4)nc4c(C)cccn4c3=O)SC2=S)cc1. The van der Waals surface area contributed by atoms with E-state index in [1.54, 1.807) is 25.4 Å². The Kier molecular flexibility index (Phi) is 7.22. The molecule has 196 valence electrons. The van der Waals surface area contributed by atoms with Gasteiger partial charge in [-0.2, -0.15) is 0 Å². The smallest absolute Gasteiger partial charge is 0.267 e. The first-order chi connectivity index (χ1) is 18.3. The molecule has 5 rings (SSSR count). The molecule has 2 amide bonds. The summed E-state index contributed by atoms with van der Waals surface area (Å²) in [7, 11) is 1.60. The van der Waals surface area contributed by atoms with Gasteiger partial charge in [0.25, 0.3) is 11.5 Å². The quantitative estimate of drug-likeness (QED) is 0.369. The summed E-state index contributed by atoms with van der Waals surface area (Å²) in [6.45, 7) is 3.27. The molecule has 0 spiro atoms. The van der Waals surface area contributed by atoms with Crippen LogP contribution >= 0.6 is 24.0 Å². The molecule has 38 heavy (non-hydrogen) atoms. The summed E-state index contributed by atoms with van der Waals surface area (Å²) in [4.78, 5) is 47.6. The van der Waals surface area contributed by atoms with Crippen molar-refractivity contribution in [2.45, 2.75) is 26.3 Å². The van der Waals surface area contributed by atoms with Gasteiger partial charge in [-0.25, -0.2) is 4.98 Å². The van der Waals surface area contributed by atoms with Crippen molar-refractivity contribution in [2.75, 3.05) is 25.1 Å². The fourth-order valence-electron chi connectivity index (χ4n) is 4.72. The van der Waals surface area contributed by atoms with E-state index in [0.29, 0.717) is 58.7 Å². The molecular weight excluding hydrogens is 522 g/mol. The molecule has 0 saturated carbocycles. The maximum atomic E-state index is 13.7. The number of fused-ring (bicyclic) bond motifs is 1. The molecular formula is C27H27N5O4S2. The number of carbonyl (C=O) groups is 2. The Hall–Kier alpha value is -3.70. The number of pyridine rings is 1. The van der Waals surface area contributed by atoms with Crippen LogP contribution in [0.3, 0.4) is 0 Å². The number of thioether (sulfide) groups is 1. The third-order valence-corrected chi connectivity index (χ3v) is 8.29. The monoisotopic (exact) mass is 549 g/mol. The number of primary amides is 1. The van der Waals surface area contributed by atoms with Crippen molar-refractivity contribution in [1.82, 2.24) is 14.3 Å². The van der Waals surface area contributed by atoms with Gasteiger partial charge in [0.15, 0.2) is 0 Å². The van der Waals surface area contributed by atoms with E-state index >= 15 is 0 Å². The topological polar surface area (TPSA) is 110 Å². The lowest BCUT2D eigenvalue weighted by atomic mass is 9.96. The van der Waals surface area contributed by atoms with Crippen LogP contribution in [0.5, 0.6) is 5.75 Å². The number of nitrogens with two attached hydrogens (primary N) is 1. The van der Waals surface area contributed by atoms with E-state index in [1.807, 2.05) is 42.2 Å². The maximum absolute atomic E-state index is 13.7. The van der Waals surface area contributed by atoms with Gasteiger partial charge in [-0.1, -0.05) is 42.2 Å². The predicted molar refractivity (Wildman–Crippen MR) is 152 cm³/mol. The van der Waals surface area contributed by atoms with E-state index in [4.69, 9.17) is 27.7 Å². The van der Waals surface area contributed by atoms with Crippen molar-refractivity contribution in [3.05, 3.63) is 74.5 Å². The lowest BCUT2D eigenvalue weighted by molar-refractivity contribution is -0.123. The summed E-state index contributed by atoms with van der Waals surface area (Å²) in [5, 5.41) is 0. The first-order valence-electron chi connectivity index (χ1n) is 12.2. The molecule has 2 aliphatic heterocycles. The Morgan fingerprint density at radius 2 is 1.92 bits per heavy atom. The number of hydrogen-bond acceptors (Lipinski definition) is 8. The number of anilines is 1. The van der Waals surface area contributed by atoms with Crippen LogP contribution in [-0.2, 0) is 16.1 Å². The minimum atomic E-state index is -0.312. The number of nitrogens with zero attached hydrogens (tertiary/aromatic N) is 4. The van der Waals surface area contributed by atoms with Crippen LogP contribution in [0.2, 0.25) is 0 Å². The van der Waals surface area contributed by atoms with Gasteiger partial charge in [-0.05, 0) is 55.2 Å². The van der Waals surface area contributed by atoms with Gasteiger partial charge in [0.05, 0.1) is 24.1 Å². The molecule has 9 nitrogen and oxygen atoms in total. The highest BCUT2D eigenvalue weighted by Gasteiger charge is 2.33. The van der Waals surface area contributed by atoms with E-state index in [2.05, 4.69) is 0 Å². The van der Waals surface area contributed by atoms with Crippen LogP contribution in [0.4, 0.5) is 5.82 Å². The van der Waals surface area contributed by atoms with Gasteiger partial charge in [-0.3, -0.25) is 23.7 Å². The normalized spacial score (nSPS) is 17.6. The number of hydrogen-bond donors (Lipinski definition) is 1. The summed E-state index contributed by atoms with van der Waals surface area (Å²) < 4.78 is 7.13. The molecule has 2 N–H and O–H groups in total. The second-order valence-electron chi connectivity index (χ2n) is 9.32. The standard InChI is InChI=1S/C27H27N5O4S2/c1-16-4-3-11-31-23(16)29-24(30-12-9-18(10-13-30)22(28)33)20(25(31)34)14-21-26(35)32(27(37)38-21)15-17-5-7-19(36-2)8-6-17/h3-8,11,14,18H,9-10,12-13,15H2,1-2H3,(H2,28,33). The van der Waals surface area contributed by atoms with Crippen molar-refractivity contribution in [3.8, 4) is 5.75 Å². The number of amides is 2. The van der Waals surface area contributed by atoms with Crippen LogP contribution in [-0.4, -0.2) is 50.6 Å². The zero-order valence-corrected chi connectivity index (χ0v) is 22.7. The van der Waals surface area contributed by atoms with Gasteiger partial charge in [-0.15, -0.1) is 0 Å². The summed E-state index contributed by atoms with van der Waals surface area (Å²) in [6.07, 6.45) is 4.43. The Bertz CT molecular complexity index is 1520. The lowest BCUT2D eigenvalue weighted by Gasteiger charge is -2.32. The molecule has 2 fully saturated rings. The molecule has 0 atom stereocenters. The van der Waals surface area contributed by atoms with Crippen LogP contribution in [0.15, 0.2) is 52.3 Å². The second-order valence-corrected chi connectivity index (χ2v) is 11.0. The van der Waals surface area contributed by atoms with Gasteiger partial charge in [0, 0.05) is 25.2 Å². The summed E-state index contributed by atoms with van der Waals surface area (Å²) in [6, 6.07) is 11.1. The largest absolute Gasteiger partial charge is 0.497 e. The average molecular weight is 550 g/mol. The number of rotatable bonds is 6. The third-order valence-electron chi connectivity index (χ3n) is 6.91. The minimum Gasteiger partial charge on any atom is -0.497 e. The average Bonchev–Trinajstić information content (AvgIpc) is 3.18. The molecule has 2 aliphatic rings. The van der Waals surface area contributed by atoms with E-state index in [0.717, 1.165) is 16.9 Å². The van der Waals surface area contributed by atoms with Crippen molar-refractivity contribution in [3.63, 3.8) is 0 Å². The van der Waals surface area contributed by atoms with Crippen LogP contribution in [0.25, 0.3) is 11.7 Å². The Labute approximate surface area is 229 Å². The van der Waals surface area contributed by atoms with Gasteiger partial charge in [0.2, 0.25) is 5.91 Å². The molecule has 1 aromatic carbocycles. The van der Waals surface area contributed by atoms with Crippen molar-refractivity contribution >= 4 is 57.7 Å². The van der Waals surface area contributed by atoms with E-state index in [9.17, 15) is 14.4 Å². The molecule has 11 heteroatoms. The first kappa shape index (κ1) is 25.9. The molecule has 4 heterocycles. The molecule has 2 saturated heterocycles. The molecule has 3 aromatic rings. The number of thiocarbonyl (C=S) groups is 1. The number of methoxy groups -OCH3 is 1. The molecule has 0 unspecified atom stereocenters. The summed E-state index contributed by atoms with van der Waals surface area (Å²) in [5.41, 5.74) is 7.88. The Balaban J connectivity index is 1.52. The molecule has 0 aliphatic carbocycles. The number of benzene rings is 1. The van der Waals surface area contributed by atoms with E-state index < -0.39 is 0 Å². The summed E-state index contributed by atoms with van der Waals surface area (Å²) >= 11 is 6.70. The third kappa shape index (κ3) is 4.91. The molecule has 0 radical (unpaired) electrons. The molecule has 0 bridgehead atoms. The maximum Gasteiger partial charge on any atom is 0.267 e. The Morgan fingerprint density at radius 1 is 1.21 bits per heavy atom. The fraction of sp³-hybridized carbons (Fsp3) is 0.296. The number of piperidine rings is 1. The Morgan fingerprint density at radius 3 is 2.58 bits per heavy atom. The predicted octanol–water partition coefficient (Wildman–Crippen LogP) is 3.11. The van der Waals surface area contributed by atoms with Crippen LogP contribution in [0.1, 0.15) is 29.5 Å². The summed E-state index contributed by atoms with van der Waals surface area (Å²) in [5.74, 6) is 0.446. The number of aryl methyl sites for hydroxylation is 1. The zero-order chi connectivity index (χ0) is 27.0. The fourth-order valence-corrected chi connectivity index (χ4v) is 5.96. The number of ether oxygens (including phenoxy) is 1. The van der Waals surface area contributed by atoms with Crippen LogP contribution < -0.4 is 20.9 Å². The van der Waals surface area contributed by atoms with Gasteiger partial charge >= 0.3 is 0 Å². The van der Waals surface area contributed by atoms with Crippen molar-refractivity contribution < 1.29 is 14.3 Å². The highest BCUT2D eigenvalue weighted by Crippen LogP contribution is 2.35. The minimum absolute atomic E-state index is 0.202. The van der Waals surface area contributed by atoms with Crippen molar-refractivity contribution in [1.29, 1.82) is 0 Å². The van der Waals surface area contributed by atoms with E-state index in [-0.39, 0.29) is 23.3 Å². The highest BCUT2D eigenvalue weighted by molar-refractivity contribution is 8.26. The number of carbonyl (C=O) groups excluding carboxylic acids is 2. The van der Waals surface area contributed by atoms with E-state index in [1.165, 1.54) is 21.1 Å². The first-order valence-corrected chi connectivity index (χ1v) is 13.4.